The van der Waals surface area contributed by atoms with Crippen LogP contribution >= 0.6 is 24.0 Å². The third-order valence-electron chi connectivity index (χ3n) is 3.77. The van der Waals surface area contributed by atoms with Gasteiger partial charge in [0.1, 0.15) is 0 Å². The van der Waals surface area contributed by atoms with Crippen molar-refractivity contribution in [1.82, 2.24) is 5.32 Å². The number of ether oxygens (including phenoxy) is 2. The average Bonchev–Trinajstić information content (AvgIpc) is 3.05. The van der Waals surface area contributed by atoms with Crippen molar-refractivity contribution in [3.8, 4) is 11.5 Å². The van der Waals surface area contributed by atoms with Gasteiger partial charge in [-0.05, 0) is 30.9 Å². The van der Waals surface area contributed by atoms with E-state index in [2.05, 4.69) is 29.5 Å². The van der Waals surface area contributed by atoms with E-state index in [9.17, 15) is 0 Å². The third kappa shape index (κ3) is 4.66. The molecule has 2 rings (SSSR count). The number of guanidine groups is 1. The van der Waals surface area contributed by atoms with Gasteiger partial charge in [0.25, 0.3) is 0 Å². The molecule has 1 aromatic rings. The molecule has 0 aliphatic heterocycles. The Balaban J connectivity index is 0.00000242. The van der Waals surface area contributed by atoms with Crippen LogP contribution in [0.25, 0.3) is 0 Å². The smallest absolute Gasteiger partial charge is 0.195 e. The van der Waals surface area contributed by atoms with Crippen molar-refractivity contribution in [1.29, 1.82) is 0 Å². The second-order valence-corrected chi connectivity index (χ2v) is 5.89. The summed E-state index contributed by atoms with van der Waals surface area (Å²) in [7, 11) is 3.41. The number of aliphatic imine (C=N–C) groups is 1. The molecule has 5 nitrogen and oxygen atoms in total. The van der Waals surface area contributed by atoms with Crippen molar-refractivity contribution in [2.75, 3.05) is 26.1 Å². The number of hydrogen-bond donors (Lipinski definition) is 2. The lowest BCUT2D eigenvalue weighted by molar-refractivity contribution is 0.311. The minimum Gasteiger partial charge on any atom is -0.493 e. The van der Waals surface area contributed by atoms with Gasteiger partial charge >= 0.3 is 0 Å². The molecule has 22 heavy (non-hydrogen) atoms. The van der Waals surface area contributed by atoms with E-state index >= 15 is 0 Å². The quantitative estimate of drug-likeness (QED) is 0.436. The molecular formula is C16H26IN3O2. The van der Waals surface area contributed by atoms with Gasteiger partial charge < -0.3 is 20.1 Å². The van der Waals surface area contributed by atoms with Gasteiger partial charge in [0.05, 0.1) is 13.7 Å². The van der Waals surface area contributed by atoms with Crippen molar-refractivity contribution < 1.29 is 9.47 Å². The number of nitrogens with zero attached hydrogens (tertiary/aromatic N) is 1. The number of rotatable bonds is 5. The Bertz CT molecular complexity index is 532. The maximum atomic E-state index is 5.59. The largest absolute Gasteiger partial charge is 0.493 e. The molecule has 1 aromatic carbocycles. The number of hydrogen-bond acceptors (Lipinski definition) is 3. The summed E-state index contributed by atoms with van der Waals surface area (Å²) in [5, 5.41) is 6.72. The molecule has 2 N–H and O–H groups in total. The Hall–Kier alpha value is -1.18. The first-order chi connectivity index (χ1) is 10.00. The van der Waals surface area contributed by atoms with Gasteiger partial charge in [0.2, 0.25) is 0 Å². The zero-order valence-corrected chi connectivity index (χ0v) is 16.2. The van der Waals surface area contributed by atoms with Crippen LogP contribution in [0.5, 0.6) is 11.5 Å². The molecule has 1 atom stereocenters. The molecule has 0 bridgehead atoms. The van der Waals surface area contributed by atoms with Crippen molar-refractivity contribution in [3.05, 3.63) is 18.2 Å². The number of anilines is 1. The maximum absolute atomic E-state index is 5.59. The van der Waals surface area contributed by atoms with E-state index in [0.717, 1.165) is 23.1 Å². The summed E-state index contributed by atoms with van der Waals surface area (Å²) in [5.41, 5.74) is 1.28. The number of benzene rings is 1. The second kappa shape index (κ2) is 7.89. The Labute approximate surface area is 149 Å². The topological polar surface area (TPSA) is 54.9 Å². The molecule has 6 heteroatoms. The van der Waals surface area contributed by atoms with Gasteiger partial charge in [-0.15, -0.1) is 24.0 Å². The van der Waals surface area contributed by atoms with Crippen LogP contribution in [0.3, 0.4) is 0 Å². The molecule has 1 fully saturated rings. The zero-order valence-electron chi connectivity index (χ0n) is 13.9. The lowest BCUT2D eigenvalue weighted by Gasteiger charge is -2.15. The maximum Gasteiger partial charge on any atom is 0.195 e. The van der Waals surface area contributed by atoms with E-state index < -0.39 is 0 Å². The summed E-state index contributed by atoms with van der Waals surface area (Å²) in [4.78, 5) is 4.27. The van der Waals surface area contributed by atoms with E-state index in [1.54, 1.807) is 14.2 Å². The van der Waals surface area contributed by atoms with E-state index in [0.29, 0.717) is 18.1 Å². The average molecular weight is 419 g/mol. The molecule has 0 spiro atoms. The van der Waals surface area contributed by atoms with E-state index in [-0.39, 0.29) is 24.0 Å². The van der Waals surface area contributed by atoms with Crippen LogP contribution in [0.1, 0.15) is 27.2 Å². The van der Waals surface area contributed by atoms with Gasteiger partial charge in [0.15, 0.2) is 17.5 Å². The molecule has 1 saturated carbocycles. The van der Waals surface area contributed by atoms with Crippen LogP contribution in [0.15, 0.2) is 23.2 Å². The van der Waals surface area contributed by atoms with Gasteiger partial charge in [-0.2, -0.15) is 0 Å². The summed E-state index contributed by atoms with van der Waals surface area (Å²) in [6, 6.07) is 6.24. The minimum absolute atomic E-state index is 0. The Morgan fingerprint density at radius 3 is 2.55 bits per heavy atom. The third-order valence-corrected chi connectivity index (χ3v) is 3.77. The highest BCUT2D eigenvalue weighted by Crippen LogP contribution is 2.44. The fourth-order valence-corrected chi connectivity index (χ4v) is 2.19. The number of nitrogens with one attached hydrogen (secondary N) is 2. The monoisotopic (exact) mass is 419 g/mol. The standard InChI is InChI=1S/C16H25N3O2.HI/c1-6-21-13-9-11(7-8-12(13)20-5)18-15(17-4)19-14-10-16(14,2)3;/h7-9,14H,6,10H2,1-5H3,(H2,17,18,19);1H. The first-order valence-corrected chi connectivity index (χ1v) is 7.31. The zero-order chi connectivity index (χ0) is 15.5. The van der Waals surface area contributed by atoms with Crippen molar-refractivity contribution in [2.45, 2.75) is 33.2 Å². The fraction of sp³-hybridized carbons (Fsp3) is 0.562. The highest BCUT2D eigenvalue weighted by atomic mass is 127. The predicted octanol–water partition coefficient (Wildman–Crippen LogP) is 3.50. The van der Waals surface area contributed by atoms with E-state index in [4.69, 9.17) is 9.47 Å². The minimum atomic E-state index is 0. The molecule has 0 radical (unpaired) electrons. The molecule has 1 aliphatic rings. The molecular weight excluding hydrogens is 393 g/mol. The van der Waals surface area contributed by atoms with Crippen LogP contribution in [0, 0.1) is 5.41 Å². The molecule has 0 saturated heterocycles. The number of methoxy groups -OCH3 is 1. The van der Waals surface area contributed by atoms with E-state index in [1.165, 1.54) is 6.42 Å². The summed E-state index contributed by atoms with van der Waals surface area (Å²) in [6.45, 7) is 7.05. The molecule has 0 heterocycles. The second-order valence-electron chi connectivity index (χ2n) is 5.89. The summed E-state index contributed by atoms with van der Waals surface area (Å²) < 4.78 is 10.9. The van der Waals surface area contributed by atoms with Gasteiger partial charge in [-0.3, -0.25) is 4.99 Å². The highest BCUT2D eigenvalue weighted by Gasteiger charge is 2.46. The Morgan fingerprint density at radius 1 is 1.36 bits per heavy atom. The summed E-state index contributed by atoms with van der Waals surface area (Å²) in [5.74, 6) is 2.24. The molecule has 1 unspecified atom stereocenters. The Kier molecular flexibility index (Phi) is 6.77. The SMILES string of the molecule is CCOc1cc(NC(=NC)NC2CC2(C)C)ccc1OC.I. The first kappa shape index (κ1) is 18.9. The number of halogens is 1. The molecule has 1 aliphatic carbocycles. The highest BCUT2D eigenvalue weighted by molar-refractivity contribution is 14.0. The lowest BCUT2D eigenvalue weighted by Crippen LogP contribution is -2.34. The molecule has 0 aromatic heterocycles. The fourth-order valence-electron chi connectivity index (χ4n) is 2.19. The van der Waals surface area contributed by atoms with Gasteiger partial charge in [-0.1, -0.05) is 13.8 Å². The van der Waals surface area contributed by atoms with Crippen LogP contribution in [0.4, 0.5) is 5.69 Å². The lowest BCUT2D eigenvalue weighted by atomic mass is 10.2. The van der Waals surface area contributed by atoms with Gasteiger partial charge in [-0.25, -0.2) is 0 Å². The summed E-state index contributed by atoms with van der Waals surface area (Å²) in [6.07, 6.45) is 1.17. The van der Waals surface area contributed by atoms with Gasteiger partial charge in [0, 0.05) is 24.8 Å². The van der Waals surface area contributed by atoms with Crippen molar-refractivity contribution >= 4 is 35.6 Å². The summed E-state index contributed by atoms with van der Waals surface area (Å²) >= 11 is 0. The van der Waals surface area contributed by atoms with Crippen molar-refractivity contribution in [2.24, 2.45) is 10.4 Å². The Morgan fingerprint density at radius 2 is 2.05 bits per heavy atom. The predicted molar refractivity (Wildman–Crippen MR) is 102 cm³/mol. The van der Waals surface area contributed by atoms with Crippen LogP contribution in [0.2, 0.25) is 0 Å². The normalized spacial score (nSPS) is 19.0. The molecule has 124 valence electrons. The first-order valence-electron chi connectivity index (χ1n) is 7.31. The van der Waals surface area contributed by atoms with Crippen LogP contribution in [-0.4, -0.2) is 32.8 Å². The van der Waals surface area contributed by atoms with Crippen LogP contribution in [-0.2, 0) is 0 Å². The molecule has 0 amide bonds. The van der Waals surface area contributed by atoms with Crippen LogP contribution < -0.4 is 20.1 Å². The van der Waals surface area contributed by atoms with Crippen molar-refractivity contribution in [3.63, 3.8) is 0 Å². The van der Waals surface area contributed by atoms with E-state index in [1.807, 2.05) is 25.1 Å².